The van der Waals surface area contributed by atoms with Crippen molar-refractivity contribution in [2.75, 3.05) is 4.90 Å². The van der Waals surface area contributed by atoms with Crippen molar-refractivity contribution in [3.8, 4) is 16.8 Å². The van der Waals surface area contributed by atoms with Crippen molar-refractivity contribution in [3.05, 3.63) is 187 Å². The second-order valence-electron chi connectivity index (χ2n) is 13.9. The molecule has 3 aromatic heterocycles. The second-order valence-corrected chi connectivity index (χ2v) is 13.9. The van der Waals surface area contributed by atoms with E-state index in [1.807, 2.05) is 12.1 Å². The minimum Gasteiger partial charge on any atom is -0.455 e. The summed E-state index contributed by atoms with van der Waals surface area (Å²) in [5.74, 6) is 0.799. The van der Waals surface area contributed by atoms with E-state index in [-0.39, 0.29) is 0 Å². The van der Waals surface area contributed by atoms with Gasteiger partial charge in [0.05, 0.1) is 22.2 Å². The molecule has 0 atom stereocenters. The minimum atomic E-state index is 0.799. The summed E-state index contributed by atoms with van der Waals surface area (Å²) in [5, 5.41) is 6.08. The summed E-state index contributed by atoms with van der Waals surface area (Å²) < 4.78 is 11.3. The lowest BCUT2D eigenvalue weighted by Gasteiger charge is -2.26. The summed E-state index contributed by atoms with van der Waals surface area (Å²) in [6.07, 6.45) is 4.31. The molecular weight excluding hydrogens is 647 g/mol. The summed E-state index contributed by atoms with van der Waals surface area (Å²) >= 11 is 0. The molecule has 1 aliphatic rings. The van der Waals surface area contributed by atoms with Crippen molar-refractivity contribution in [3.63, 3.8) is 0 Å². The standard InChI is InChI=1S/C49H33N3O/c1-31-40-29-32(21-24-43(40)51(34-13-5-3-6-14-34)28-27-39-37-18-10-12-20-46(37)53-49(31)39)33-22-25-44-41(30-33)47-45(52(44)35-15-7-4-8-16-35)26-23-38-36-17-9-11-19-42(36)50(2)48(38)47/h3-30H,1H2,2H3/b28-27-. The fraction of sp³-hybridized carbons (Fsp3) is 0.0204. The number of hydrogen-bond donors (Lipinski definition) is 0. The zero-order valence-corrected chi connectivity index (χ0v) is 29.1. The van der Waals surface area contributed by atoms with E-state index >= 15 is 0 Å². The zero-order chi connectivity index (χ0) is 35.2. The number of nitrogens with zero attached hydrogens (tertiary/aromatic N) is 3. The number of furan rings is 1. The van der Waals surface area contributed by atoms with Crippen LogP contribution in [0.5, 0.6) is 0 Å². The van der Waals surface area contributed by atoms with Crippen molar-refractivity contribution >= 4 is 77.6 Å². The third kappa shape index (κ3) is 4.30. The molecule has 7 aromatic carbocycles. The van der Waals surface area contributed by atoms with Crippen molar-refractivity contribution in [1.29, 1.82) is 0 Å². The summed E-state index contributed by atoms with van der Waals surface area (Å²) in [6, 6.07) is 56.4. The summed E-state index contributed by atoms with van der Waals surface area (Å²) in [4.78, 5) is 2.25. The molecule has 4 nitrogen and oxygen atoms in total. The molecule has 53 heavy (non-hydrogen) atoms. The third-order valence-corrected chi connectivity index (χ3v) is 11.1. The van der Waals surface area contributed by atoms with Crippen LogP contribution in [-0.4, -0.2) is 9.13 Å². The van der Waals surface area contributed by atoms with Crippen LogP contribution in [0.2, 0.25) is 0 Å². The van der Waals surface area contributed by atoms with Gasteiger partial charge < -0.3 is 18.5 Å². The number of benzene rings is 7. The average Bonchev–Trinajstić information content (AvgIpc) is 3.85. The number of hydrogen-bond acceptors (Lipinski definition) is 2. The molecule has 0 spiro atoms. The lowest BCUT2D eigenvalue weighted by Crippen LogP contribution is -2.12. The molecule has 0 aliphatic carbocycles. The largest absolute Gasteiger partial charge is 0.455 e. The molecule has 250 valence electrons. The third-order valence-electron chi connectivity index (χ3n) is 11.1. The van der Waals surface area contributed by atoms with Gasteiger partial charge in [-0.05, 0) is 83.9 Å². The fourth-order valence-electron chi connectivity index (χ4n) is 8.60. The van der Waals surface area contributed by atoms with Gasteiger partial charge in [0.15, 0.2) is 0 Å². The van der Waals surface area contributed by atoms with Crippen LogP contribution in [0.3, 0.4) is 0 Å². The van der Waals surface area contributed by atoms with Crippen LogP contribution >= 0.6 is 0 Å². The zero-order valence-electron chi connectivity index (χ0n) is 29.1. The predicted molar refractivity (Wildman–Crippen MR) is 222 cm³/mol. The van der Waals surface area contributed by atoms with Crippen LogP contribution < -0.4 is 4.90 Å². The molecule has 10 aromatic rings. The predicted octanol–water partition coefficient (Wildman–Crippen LogP) is 13.0. The molecule has 4 heteroatoms. The number of para-hydroxylation sites is 4. The normalized spacial score (nSPS) is 13.5. The van der Waals surface area contributed by atoms with E-state index in [0.717, 1.165) is 61.6 Å². The Labute approximate surface area is 306 Å². The molecule has 0 fully saturated rings. The van der Waals surface area contributed by atoms with Gasteiger partial charge in [-0.3, -0.25) is 0 Å². The molecule has 0 unspecified atom stereocenters. The Bertz CT molecular complexity index is 3140. The van der Waals surface area contributed by atoms with E-state index in [2.05, 4.69) is 186 Å². The van der Waals surface area contributed by atoms with Crippen LogP contribution in [0.25, 0.3) is 83.0 Å². The van der Waals surface area contributed by atoms with Crippen molar-refractivity contribution in [2.24, 2.45) is 7.05 Å². The van der Waals surface area contributed by atoms with Gasteiger partial charge in [0, 0.05) is 73.8 Å². The van der Waals surface area contributed by atoms with E-state index in [4.69, 9.17) is 4.42 Å². The van der Waals surface area contributed by atoms with E-state index in [9.17, 15) is 0 Å². The summed E-state index contributed by atoms with van der Waals surface area (Å²) in [5.41, 5.74) is 14.2. The molecule has 4 heterocycles. The molecule has 1 aliphatic heterocycles. The topological polar surface area (TPSA) is 26.2 Å². The van der Waals surface area contributed by atoms with Crippen LogP contribution in [0.15, 0.2) is 175 Å². The van der Waals surface area contributed by atoms with Gasteiger partial charge in [-0.15, -0.1) is 0 Å². The molecule has 0 N–H and O–H groups in total. The maximum atomic E-state index is 6.53. The van der Waals surface area contributed by atoms with Gasteiger partial charge in [0.25, 0.3) is 0 Å². The number of fused-ring (bicyclic) bond motifs is 11. The Morgan fingerprint density at radius 2 is 1.23 bits per heavy atom. The van der Waals surface area contributed by atoms with Crippen LogP contribution in [0.1, 0.15) is 16.9 Å². The van der Waals surface area contributed by atoms with Crippen molar-refractivity contribution in [2.45, 2.75) is 0 Å². The molecule has 0 saturated carbocycles. The van der Waals surface area contributed by atoms with Gasteiger partial charge >= 0.3 is 0 Å². The van der Waals surface area contributed by atoms with Gasteiger partial charge in [0.2, 0.25) is 0 Å². The van der Waals surface area contributed by atoms with Gasteiger partial charge in [-0.25, -0.2) is 0 Å². The summed E-state index contributed by atoms with van der Waals surface area (Å²) in [7, 11) is 2.19. The van der Waals surface area contributed by atoms with Crippen LogP contribution in [-0.2, 0) is 7.05 Å². The molecule has 0 amide bonds. The highest BCUT2D eigenvalue weighted by atomic mass is 16.3. The van der Waals surface area contributed by atoms with Gasteiger partial charge in [-0.1, -0.05) is 97.6 Å². The number of aryl methyl sites for hydroxylation is 1. The first-order valence-electron chi connectivity index (χ1n) is 18.0. The maximum Gasteiger partial charge on any atom is 0.142 e. The number of aromatic nitrogens is 2. The molecule has 0 bridgehead atoms. The Morgan fingerprint density at radius 1 is 0.547 bits per heavy atom. The van der Waals surface area contributed by atoms with E-state index in [1.165, 1.54) is 43.6 Å². The Morgan fingerprint density at radius 3 is 2.06 bits per heavy atom. The first kappa shape index (κ1) is 29.7. The number of anilines is 2. The highest BCUT2D eigenvalue weighted by Crippen LogP contribution is 2.45. The lowest BCUT2D eigenvalue weighted by atomic mass is 9.93. The van der Waals surface area contributed by atoms with Gasteiger partial charge in [0.1, 0.15) is 11.3 Å². The Balaban J connectivity index is 1.17. The molecule has 0 radical (unpaired) electrons. The average molecular weight is 680 g/mol. The van der Waals surface area contributed by atoms with E-state index < -0.39 is 0 Å². The van der Waals surface area contributed by atoms with Crippen LogP contribution in [0.4, 0.5) is 11.4 Å². The highest BCUT2D eigenvalue weighted by Gasteiger charge is 2.25. The Kier molecular flexibility index (Phi) is 6.29. The van der Waals surface area contributed by atoms with E-state index in [1.54, 1.807) is 0 Å². The smallest absolute Gasteiger partial charge is 0.142 e. The SMILES string of the molecule is C=C1c2cc(-c3ccc4c(c3)c3c5c(ccc3n4-c3ccccc3)c3ccccc3n5C)ccc2N(c2ccccc2)/C=C\c2c1oc1ccccc21. The maximum absolute atomic E-state index is 6.53. The van der Waals surface area contributed by atoms with Gasteiger partial charge in [-0.2, -0.15) is 0 Å². The molecule has 11 rings (SSSR count). The highest BCUT2D eigenvalue weighted by molar-refractivity contribution is 6.26. The summed E-state index contributed by atoms with van der Waals surface area (Å²) in [6.45, 7) is 4.69. The molecule has 0 saturated heterocycles. The lowest BCUT2D eigenvalue weighted by molar-refractivity contribution is 0.599. The monoisotopic (exact) mass is 679 g/mol. The fourth-order valence-corrected chi connectivity index (χ4v) is 8.60. The first-order valence-corrected chi connectivity index (χ1v) is 18.0. The van der Waals surface area contributed by atoms with Crippen molar-refractivity contribution < 1.29 is 4.42 Å². The minimum absolute atomic E-state index is 0.799. The van der Waals surface area contributed by atoms with Crippen molar-refractivity contribution in [1.82, 2.24) is 9.13 Å². The number of rotatable bonds is 3. The quantitative estimate of drug-likeness (QED) is 0.186. The second kappa shape index (κ2) is 11.2. The van der Waals surface area contributed by atoms with Crippen LogP contribution in [0, 0.1) is 0 Å². The van der Waals surface area contributed by atoms with E-state index in [0.29, 0.717) is 0 Å². The Hall–Kier alpha value is -7.04. The first-order chi connectivity index (χ1) is 26.1. The molecular formula is C49H33N3O.